The minimum absolute atomic E-state index is 0.540. The second kappa shape index (κ2) is 4.73. The van der Waals surface area contributed by atoms with E-state index in [0.29, 0.717) is 6.04 Å². The van der Waals surface area contributed by atoms with Crippen LogP contribution in [0.3, 0.4) is 0 Å². The Labute approximate surface area is 79.3 Å². The summed E-state index contributed by atoms with van der Waals surface area (Å²) in [5.41, 5.74) is 1.41. The van der Waals surface area contributed by atoms with Crippen LogP contribution < -0.4 is 5.32 Å². The van der Waals surface area contributed by atoms with E-state index in [-0.39, 0.29) is 0 Å². The van der Waals surface area contributed by atoms with Crippen molar-refractivity contribution in [1.82, 2.24) is 5.32 Å². The predicted octanol–water partition coefficient (Wildman–Crippen LogP) is 2.56. The lowest BCUT2D eigenvalue weighted by molar-refractivity contribution is 0.546. The topological polar surface area (TPSA) is 12.0 Å². The Morgan fingerprint density at radius 1 is 1.67 bits per heavy atom. The number of likely N-dealkylation sites (N-methyl/N-ethyl adjacent to an activating group) is 1. The first kappa shape index (κ1) is 9.87. The van der Waals surface area contributed by atoms with Gasteiger partial charge < -0.3 is 5.32 Å². The molecule has 0 heterocycles. The zero-order valence-electron chi connectivity index (χ0n) is 7.89. The van der Waals surface area contributed by atoms with E-state index >= 15 is 0 Å². The molecule has 0 aromatic rings. The predicted molar refractivity (Wildman–Crippen MR) is 57.4 cm³/mol. The molecule has 0 aromatic carbocycles. The summed E-state index contributed by atoms with van der Waals surface area (Å²) in [5.74, 6) is 0. The van der Waals surface area contributed by atoms with Crippen LogP contribution in [0.5, 0.6) is 0 Å². The van der Waals surface area contributed by atoms with E-state index in [1.165, 1.54) is 29.7 Å². The van der Waals surface area contributed by atoms with Gasteiger partial charge in [0, 0.05) is 6.04 Å². The van der Waals surface area contributed by atoms with Gasteiger partial charge in [0.2, 0.25) is 0 Å². The van der Waals surface area contributed by atoms with Crippen molar-refractivity contribution in [1.29, 1.82) is 0 Å². The molecule has 1 rings (SSSR count). The molecule has 0 bridgehead atoms. The molecule has 0 amide bonds. The van der Waals surface area contributed by atoms with Crippen molar-refractivity contribution in [3.63, 3.8) is 0 Å². The van der Waals surface area contributed by atoms with Crippen LogP contribution in [0.2, 0.25) is 0 Å². The van der Waals surface area contributed by atoms with Crippen LogP contribution in [-0.2, 0) is 0 Å². The molecule has 0 aliphatic heterocycles. The molecule has 0 radical (unpaired) electrons. The highest BCUT2D eigenvalue weighted by Crippen LogP contribution is 2.31. The van der Waals surface area contributed by atoms with Gasteiger partial charge >= 0.3 is 0 Å². The summed E-state index contributed by atoms with van der Waals surface area (Å²) in [6.45, 7) is 3.87. The number of rotatable bonds is 3. The molecule has 1 aliphatic rings. The number of hydrogen-bond acceptors (Lipinski definition) is 2. The van der Waals surface area contributed by atoms with E-state index in [1.807, 2.05) is 24.9 Å². The summed E-state index contributed by atoms with van der Waals surface area (Å²) in [7, 11) is 2.03. The standard InChI is InChI=1S/C10H17NS/c1-4-8-9(11-2)6-5-7-10(8)12-3/h4,9,11H,1,5-7H2,2-3H3. The maximum absolute atomic E-state index is 3.87. The highest BCUT2D eigenvalue weighted by atomic mass is 32.2. The minimum atomic E-state index is 0.540. The Morgan fingerprint density at radius 2 is 2.42 bits per heavy atom. The van der Waals surface area contributed by atoms with Crippen molar-refractivity contribution in [2.24, 2.45) is 0 Å². The second-order valence-corrected chi connectivity index (χ2v) is 3.92. The molecule has 12 heavy (non-hydrogen) atoms. The van der Waals surface area contributed by atoms with Gasteiger partial charge in [-0.2, -0.15) is 0 Å². The van der Waals surface area contributed by atoms with Gasteiger partial charge in [0.15, 0.2) is 0 Å². The van der Waals surface area contributed by atoms with Crippen molar-refractivity contribution in [3.05, 3.63) is 23.1 Å². The molecule has 0 fully saturated rings. The largest absolute Gasteiger partial charge is 0.313 e. The molecule has 2 heteroatoms. The number of nitrogens with one attached hydrogen (secondary N) is 1. The lowest BCUT2D eigenvalue weighted by atomic mass is 9.94. The van der Waals surface area contributed by atoms with Crippen molar-refractivity contribution in [2.75, 3.05) is 13.3 Å². The number of thioether (sulfide) groups is 1. The van der Waals surface area contributed by atoms with Gasteiger partial charge in [-0.05, 0) is 43.0 Å². The van der Waals surface area contributed by atoms with Crippen LogP contribution in [0.25, 0.3) is 0 Å². The lowest BCUT2D eigenvalue weighted by Crippen LogP contribution is -2.29. The fraction of sp³-hybridized carbons (Fsp3) is 0.600. The molecule has 68 valence electrons. The molecular weight excluding hydrogens is 166 g/mol. The van der Waals surface area contributed by atoms with Gasteiger partial charge in [-0.15, -0.1) is 11.8 Å². The van der Waals surface area contributed by atoms with Gasteiger partial charge in [0.25, 0.3) is 0 Å². The molecule has 0 spiro atoms. The zero-order valence-corrected chi connectivity index (χ0v) is 8.71. The van der Waals surface area contributed by atoms with E-state index in [4.69, 9.17) is 0 Å². The van der Waals surface area contributed by atoms with Crippen LogP contribution in [0.4, 0.5) is 0 Å². The fourth-order valence-electron chi connectivity index (χ4n) is 1.74. The summed E-state index contributed by atoms with van der Waals surface area (Å²) in [4.78, 5) is 1.51. The Morgan fingerprint density at radius 3 is 2.92 bits per heavy atom. The van der Waals surface area contributed by atoms with Gasteiger partial charge in [-0.25, -0.2) is 0 Å². The highest BCUT2D eigenvalue weighted by Gasteiger charge is 2.18. The quantitative estimate of drug-likeness (QED) is 0.721. The van der Waals surface area contributed by atoms with Gasteiger partial charge in [-0.3, -0.25) is 0 Å². The molecular formula is C10H17NS. The van der Waals surface area contributed by atoms with Gasteiger partial charge in [0.05, 0.1) is 0 Å². The maximum atomic E-state index is 3.87. The van der Waals surface area contributed by atoms with Gasteiger partial charge in [0.1, 0.15) is 0 Å². The first-order chi connectivity index (χ1) is 5.83. The smallest absolute Gasteiger partial charge is 0.0325 e. The molecule has 1 nitrogen and oxygen atoms in total. The first-order valence-electron chi connectivity index (χ1n) is 4.40. The third-order valence-corrected chi connectivity index (χ3v) is 3.34. The van der Waals surface area contributed by atoms with Crippen molar-refractivity contribution < 1.29 is 0 Å². The third-order valence-electron chi connectivity index (χ3n) is 2.41. The summed E-state index contributed by atoms with van der Waals surface area (Å²) >= 11 is 1.87. The molecule has 0 saturated carbocycles. The normalized spacial score (nSPS) is 24.3. The van der Waals surface area contributed by atoms with Gasteiger partial charge in [-0.1, -0.05) is 12.7 Å². The van der Waals surface area contributed by atoms with E-state index < -0.39 is 0 Å². The molecule has 1 atom stereocenters. The van der Waals surface area contributed by atoms with E-state index in [9.17, 15) is 0 Å². The summed E-state index contributed by atoms with van der Waals surface area (Å²) in [6, 6.07) is 0.540. The monoisotopic (exact) mass is 183 g/mol. The van der Waals surface area contributed by atoms with Crippen LogP contribution in [0, 0.1) is 0 Å². The molecule has 0 saturated heterocycles. The second-order valence-electron chi connectivity index (χ2n) is 3.02. The average molecular weight is 183 g/mol. The Hall–Kier alpha value is -0.210. The highest BCUT2D eigenvalue weighted by molar-refractivity contribution is 8.02. The molecule has 1 N–H and O–H groups in total. The zero-order chi connectivity index (χ0) is 8.97. The minimum Gasteiger partial charge on any atom is -0.313 e. The number of allylic oxidation sites excluding steroid dienone is 1. The Balaban J connectivity index is 2.85. The lowest BCUT2D eigenvalue weighted by Gasteiger charge is -2.25. The van der Waals surface area contributed by atoms with E-state index in [0.717, 1.165) is 0 Å². The summed E-state index contributed by atoms with van der Waals surface area (Å²) in [5, 5.41) is 3.33. The van der Waals surface area contributed by atoms with Crippen LogP contribution >= 0.6 is 11.8 Å². The fourth-order valence-corrected chi connectivity index (χ4v) is 2.55. The van der Waals surface area contributed by atoms with Crippen LogP contribution in [0.15, 0.2) is 23.1 Å². The number of hydrogen-bond donors (Lipinski definition) is 1. The van der Waals surface area contributed by atoms with Crippen molar-refractivity contribution in [2.45, 2.75) is 25.3 Å². The molecule has 1 aliphatic carbocycles. The Kier molecular flexibility index (Phi) is 3.89. The maximum Gasteiger partial charge on any atom is 0.0325 e. The third kappa shape index (κ3) is 1.93. The summed E-state index contributed by atoms with van der Waals surface area (Å²) in [6.07, 6.45) is 7.95. The summed E-state index contributed by atoms with van der Waals surface area (Å²) < 4.78 is 0. The first-order valence-corrected chi connectivity index (χ1v) is 5.62. The molecule has 1 unspecified atom stereocenters. The Bertz CT molecular complexity index is 196. The van der Waals surface area contributed by atoms with Crippen molar-refractivity contribution in [3.8, 4) is 0 Å². The van der Waals surface area contributed by atoms with E-state index in [2.05, 4.69) is 18.2 Å². The van der Waals surface area contributed by atoms with Crippen LogP contribution in [0.1, 0.15) is 19.3 Å². The average Bonchev–Trinajstić information content (AvgIpc) is 2.16. The SMILES string of the molecule is C=CC1=C(SC)CCCC1NC. The van der Waals surface area contributed by atoms with E-state index in [1.54, 1.807) is 0 Å². The van der Waals surface area contributed by atoms with Crippen LogP contribution in [-0.4, -0.2) is 19.3 Å². The molecule has 0 aromatic heterocycles. The van der Waals surface area contributed by atoms with Crippen molar-refractivity contribution >= 4 is 11.8 Å².